The van der Waals surface area contributed by atoms with Gasteiger partial charge in [-0.05, 0) is 36.6 Å². The summed E-state index contributed by atoms with van der Waals surface area (Å²) in [4.78, 5) is 22.6. The summed E-state index contributed by atoms with van der Waals surface area (Å²) in [5.74, 6) is 0.433. The van der Waals surface area contributed by atoms with Crippen LogP contribution in [0.25, 0.3) is 10.6 Å². The van der Waals surface area contributed by atoms with Crippen LogP contribution in [-0.4, -0.2) is 53.4 Å². The molecule has 0 unspecified atom stereocenters. The molecule has 0 saturated carbocycles. The first-order chi connectivity index (χ1) is 14.7. The van der Waals surface area contributed by atoms with E-state index in [2.05, 4.69) is 20.6 Å². The first-order valence-electron chi connectivity index (χ1n) is 9.91. The number of nitrogens with one attached hydrogen (secondary N) is 2. The Balaban J connectivity index is 1.23. The van der Waals surface area contributed by atoms with E-state index in [0.29, 0.717) is 24.7 Å². The van der Waals surface area contributed by atoms with Gasteiger partial charge in [-0.3, -0.25) is 4.79 Å². The zero-order valence-electron chi connectivity index (χ0n) is 16.4. The summed E-state index contributed by atoms with van der Waals surface area (Å²) >= 11 is 1.64. The third kappa shape index (κ3) is 3.81. The van der Waals surface area contributed by atoms with E-state index in [4.69, 9.17) is 9.47 Å². The van der Waals surface area contributed by atoms with Gasteiger partial charge in [0, 0.05) is 11.8 Å². The number of nitrogens with zero attached hydrogens (tertiary/aromatic N) is 2. The molecule has 2 fully saturated rings. The highest BCUT2D eigenvalue weighted by atomic mass is 32.1. The van der Waals surface area contributed by atoms with Crippen molar-refractivity contribution in [2.45, 2.75) is 31.2 Å². The highest BCUT2D eigenvalue weighted by Gasteiger charge is 2.48. The third-order valence-electron chi connectivity index (χ3n) is 5.43. The second-order valence-electron chi connectivity index (χ2n) is 7.54. The Morgan fingerprint density at radius 3 is 2.60 bits per heavy atom. The zero-order valence-corrected chi connectivity index (χ0v) is 17.3. The molecule has 2 aliphatic heterocycles. The van der Waals surface area contributed by atoms with Crippen molar-refractivity contribution in [3.05, 3.63) is 65.2 Å². The van der Waals surface area contributed by atoms with Gasteiger partial charge < -0.3 is 20.1 Å². The molecule has 154 valence electrons. The normalized spacial score (nSPS) is 25.1. The Hall–Kier alpha value is -2.81. The monoisotopic (exact) mass is 422 g/mol. The molecule has 2 N–H and O–H groups in total. The van der Waals surface area contributed by atoms with E-state index < -0.39 is 0 Å². The van der Waals surface area contributed by atoms with Gasteiger partial charge >= 0.3 is 0 Å². The summed E-state index contributed by atoms with van der Waals surface area (Å²) in [5.41, 5.74) is 2.64. The highest BCUT2D eigenvalue weighted by Crippen LogP contribution is 2.29. The van der Waals surface area contributed by atoms with E-state index in [0.717, 1.165) is 16.1 Å². The Labute approximate surface area is 178 Å². The van der Waals surface area contributed by atoms with Crippen LogP contribution in [0.3, 0.4) is 0 Å². The van der Waals surface area contributed by atoms with Gasteiger partial charge in [0.05, 0.1) is 35.9 Å². The summed E-state index contributed by atoms with van der Waals surface area (Å²) in [6.45, 7) is 2.89. The van der Waals surface area contributed by atoms with Crippen LogP contribution in [0.5, 0.6) is 0 Å². The summed E-state index contributed by atoms with van der Waals surface area (Å²) in [5, 5.41) is 8.42. The predicted octanol–water partition coefficient (Wildman–Crippen LogP) is 2.89. The smallest absolute Gasteiger partial charge is 0.251 e. The van der Waals surface area contributed by atoms with Crippen molar-refractivity contribution in [3.8, 4) is 10.6 Å². The summed E-state index contributed by atoms with van der Waals surface area (Å²) in [6.07, 6.45) is 1.39. The van der Waals surface area contributed by atoms with Crippen molar-refractivity contribution in [3.63, 3.8) is 0 Å². The lowest BCUT2D eigenvalue weighted by atomic mass is 10.1. The maximum Gasteiger partial charge on any atom is 0.251 e. The van der Waals surface area contributed by atoms with Crippen molar-refractivity contribution in [2.75, 3.05) is 18.5 Å². The number of carbonyl (C=O) groups excluding carboxylic acids is 1. The molecule has 2 saturated heterocycles. The van der Waals surface area contributed by atoms with E-state index in [1.807, 2.05) is 54.8 Å². The molecule has 7 nitrogen and oxygen atoms in total. The molecular weight excluding hydrogens is 400 g/mol. The van der Waals surface area contributed by atoms with E-state index in [-0.39, 0.29) is 30.2 Å². The predicted molar refractivity (Wildman–Crippen MR) is 115 cm³/mol. The Morgan fingerprint density at radius 1 is 1.07 bits per heavy atom. The number of rotatable bonds is 5. The minimum atomic E-state index is -0.197. The summed E-state index contributed by atoms with van der Waals surface area (Å²) < 4.78 is 12.0. The average molecular weight is 423 g/mol. The van der Waals surface area contributed by atoms with Crippen LogP contribution in [0, 0.1) is 6.92 Å². The third-order valence-corrected chi connectivity index (χ3v) is 6.32. The number of aryl methyl sites for hydroxylation is 1. The van der Waals surface area contributed by atoms with Crippen LogP contribution in [0.15, 0.2) is 54.0 Å². The van der Waals surface area contributed by atoms with E-state index in [9.17, 15) is 4.79 Å². The summed E-state index contributed by atoms with van der Waals surface area (Å²) in [7, 11) is 0. The number of carbonyl (C=O) groups is 1. The average Bonchev–Trinajstić information content (AvgIpc) is 3.49. The SMILES string of the molecule is Cc1ccc(C(=O)N[C@H]2CO[C@H]3[C@@H]2OC[C@@H]3Nc2nccc(-c3cccs3)n2)cc1. The van der Waals surface area contributed by atoms with Crippen molar-refractivity contribution in [1.29, 1.82) is 0 Å². The molecule has 0 radical (unpaired) electrons. The lowest BCUT2D eigenvalue weighted by molar-refractivity contribution is 0.0652. The van der Waals surface area contributed by atoms with Gasteiger partial charge in [0.25, 0.3) is 5.91 Å². The Morgan fingerprint density at radius 2 is 1.83 bits per heavy atom. The number of amides is 1. The molecule has 30 heavy (non-hydrogen) atoms. The number of thiophene rings is 1. The number of ether oxygens (including phenoxy) is 2. The molecule has 1 amide bonds. The number of benzene rings is 1. The van der Waals surface area contributed by atoms with Crippen LogP contribution >= 0.6 is 11.3 Å². The zero-order chi connectivity index (χ0) is 20.5. The van der Waals surface area contributed by atoms with Gasteiger partial charge in [-0.2, -0.15) is 0 Å². The van der Waals surface area contributed by atoms with Gasteiger partial charge in [0.15, 0.2) is 0 Å². The molecule has 4 heterocycles. The number of fused-ring (bicyclic) bond motifs is 1. The van der Waals surface area contributed by atoms with Gasteiger partial charge in [-0.15, -0.1) is 11.3 Å². The van der Waals surface area contributed by atoms with Crippen LogP contribution in [0.1, 0.15) is 15.9 Å². The van der Waals surface area contributed by atoms with Crippen molar-refractivity contribution in [2.24, 2.45) is 0 Å². The molecule has 1 aromatic carbocycles. The number of hydrogen-bond donors (Lipinski definition) is 2. The van der Waals surface area contributed by atoms with Crippen LogP contribution in [0.4, 0.5) is 5.95 Å². The van der Waals surface area contributed by atoms with Gasteiger partial charge in [0.2, 0.25) is 5.95 Å². The fourth-order valence-electron chi connectivity index (χ4n) is 3.86. The highest BCUT2D eigenvalue weighted by molar-refractivity contribution is 7.13. The van der Waals surface area contributed by atoms with E-state index in [1.54, 1.807) is 17.5 Å². The lowest BCUT2D eigenvalue weighted by Gasteiger charge is -2.18. The van der Waals surface area contributed by atoms with Crippen LogP contribution in [0.2, 0.25) is 0 Å². The molecular formula is C22H22N4O3S. The standard InChI is InChI=1S/C22H22N4O3S/c1-13-4-6-14(7-5-13)21(27)24-16-11-28-20-17(12-29-19(16)20)26-22-23-9-8-15(25-22)18-3-2-10-30-18/h2-10,16-17,19-20H,11-12H2,1H3,(H,24,27)(H,23,25,26)/t16-,17-,19+,20+/m0/s1. The fourth-order valence-corrected chi connectivity index (χ4v) is 4.55. The molecule has 8 heteroatoms. The maximum atomic E-state index is 12.6. The molecule has 4 atom stereocenters. The number of anilines is 1. The Bertz CT molecular complexity index is 1030. The molecule has 0 bridgehead atoms. The fraction of sp³-hybridized carbons (Fsp3) is 0.318. The molecule has 2 aliphatic rings. The molecule has 3 aromatic rings. The Kier molecular flexibility index (Phi) is 5.20. The van der Waals surface area contributed by atoms with Crippen LogP contribution < -0.4 is 10.6 Å². The largest absolute Gasteiger partial charge is 0.371 e. The van der Waals surface area contributed by atoms with Gasteiger partial charge in [-0.1, -0.05) is 23.8 Å². The minimum absolute atomic E-state index is 0.0742. The maximum absolute atomic E-state index is 12.6. The minimum Gasteiger partial charge on any atom is -0.371 e. The second-order valence-corrected chi connectivity index (χ2v) is 8.48. The second kappa shape index (κ2) is 8.14. The molecule has 5 rings (SSSR count). The molecule has 2 aromatic heterocycles. The number of hydrogen-bond acceptors (Lipinski definition) is 7. The van der Waals surface area contributed by atoms with E-state index >= 15 is 0 Å². The first-order valence-corrected chi connectivity index (χ1v) is 10.8. The summed E-state index contributed by atoms with van der Waals surface area (Å²) in [6, 6.07) is 13.2. The van der Waals surface area contributed by atoms with E-state index in [1.165, 1.54) is 0 Å². The van der Waals surface area contributed by atoms with Crippen LogP contribution in [-0.2, 0) is 9.47 Å². The van der Waals surface area contributed by atoms with Gasteiger partial charge in [0.1, 0.15) is 12.2 Å². The lowest BCUT2D eigenvalue weighted by Crippen LogP contribution is -2.44. The topological polar surface area (TPSA) is 85.4 Å². The molecule has 0 aliphatic carbocycles. The quantitative estimate of drug-likeness (QED) is 0.658. The van der Waals surface area contributed by atoms with Gasteiger partial charge in [-0.25, -0.2) is 9.97 Å². The molecule has 0 spiro atoms. The first kappa shape index (κ1) is 19.2. The van der Waals surface area contributed by atoms with Crippen molar-refractivity contribution in [1.82, 2.24) is 15.3 Å². The van der Waals surface area contributed by atoms with Crippen molar-refractivity contribution >= 4 is 23.2 Å². The van der Waals surface area contributed by atoms with Crippen molar-refractivity contribution < 1.29 is 14.3 Å². The number of aromatic nitrogens is 2.